The van der Waals surface area contributed by atoms with Gasteiger partial charge in [-0.25, -0.2) is 19.2 Å². The fourth-order valence-electron chi connectivity index (χ4n) is 3.17. The molecule has 0 aromatic heterocycles. The van der Waals surface area contributed by atoms with Crippen molar-refractivity contribution >= 4 is 23.9 Å². The molecule has 0 aliphatic rings. The Kier molecular flexibility index (Phi) is 7.58. The normalized spacial score (nSPS) is 13.3. The van der Waals surface area contributed by atoms with Crippen LogP contribution in [-0.4, -0.2) is 40.2 Å². The molecule has 0 aliphatic carbocycles. The first-order valence-electron chi connectivity index (χ1n) is 10.7. The third-order valence-electron chi connectivity index (χ3n) is 5.38. The van der Waals surface area contributed by atoms with E-state index in [0.29, 0.717) is 0 Å². The molecular weight excluding hydrogens is 452 g/mol. The van der Waals surface area contributed by atoms with E-state index < -0.39 is 35.6 Å². The molecule has 3 rings (SSSR count). The maximum atomic E-state index is 13.0. The first-order chi connectivity index (χ1) is 16.5. The summed E-state index contributed by atoms with van der Waals surface area (Å²) < 4.78 is 9.52. The fraction of sp³-hybridized carbons (Fsp3) is 0.185. The van der Waals surface area contributed by atoms with Crippen molar-refractivity contribution in [2.24, 2.45) is 0 Å². The van der Waals surface area contributed by atoms with Gasteiger partial charge >= 0.3 is 23.9 Å². The van der Waals surface area contributed by atoms with Crippen LogP contribution in [0.4, 0.5) is 0 Å². The van der Waals surface area contributed by atoms with Gasteiger partial charge in [0.25, 0.3) is 0 Å². The Labute approximate surface area is 201 Å². The monoisotopic (exact) mass is 476 g/mol. The first-order valence-corrected chi connectivity index (χ1v) is 10.7. The number of aryl methyl sites for hydroxylation is 3. The smallest absolute Gasteiger partial charge is 0.354 e. The van der Waals surface area contributed by atoms with Crippen molar-refractivity contribution in [3.8, 4) is 0 Å². The standard InChI is InChI=1S/C27H24O8/c1-16-4-10-19(11-5-16)23(29)34-25(31)22(28)27(33,21-14-8-18(3)9-15-21)26(32)35-24(30)20-12-6-17(2)7-13-20/h4-15,22,28,33H,1-3H3/t22-,27+/m0/s1. The van der Waals surface area contributed by atoms with Crippen molar-refractivity contribution in [1.82, 2.24) is 0 Å². The van der Waals surface area contributed by atoms with Crippen LogP contribution in [0, 0.1) is 20.8 Å². The third kappa shape index (κ3) is 5.68. The van der Waals surface area contributed by atoms with Crippen molar-refractivity contribution in [2.75, 3.05) is 0 Å². The Morgan fingerprint density at radius 1 is 0.657 bits per heavy atom. The average Bonchev–Trinajstić information content (AvgIpc) is 2.84. The molecule has 0 radical (unpaired) electrons. The van der Waals surface area contributed by atoms with Gasteiger partial charge in [-0.3, -0.25) is 0 Å². The lowest BCUT2D eigenvalue weighted by Gasteiger charge is -2.29. The summed E-state index contributed by atoms with van der Waals surface area (Å²) in [5, 5.41) is 22.0. The molecule has 3 aromatic carbocycles. The van der Waals surface area contributed by atoms with Gasteiger partial charge in [0.05, 0.1) is 11.1 Å². The lowest BCUT2D eigenvalue weighted by molar-refractivity contribution is -0.185. The van der Waals surface area contributed by atoms with Crippen LogP contribution in [0.2, 0.25) is 0 Å². The van der Waals surface area contributed by atoms with Crippen LogP contribution in [0.25, 0.3) is 0 Å². The summed E-state index contributed by atoms with van der Waals surface area (Å²) in [5.41, 5.74) is -0.764. The first kappa shape index (κ1) is 25.5. The Hall–Kier alpha value is -4.14. The number of carbonyl (C=O) groups excluding carboxylic acids is 4. The van der Waals surface area contributed by atoms with Crippen LogP contribution in [-0.2, 0) is 24.7 Å². The highest BCUT2D eigenvalue weighted by Crippen LogP contribution is 2.29. The van der Waals surface area contributed by atoms with Gasteiger partial charge < -0.3 is 19.7 Å². The molecule has 0 saturated carbocycles. The van der Waals surface area contributed by atoms with Crippen LogP contribution in [0.15, 0.2) is 72.8 Å². The number of benzene rings is 3. The molecule has 0 bridgehead atoms. The maximum absolute atomic E-state index is 13.0. The van der Waals surface area contributed by atoms with E-state index >= 15 is 0 Å². The molecule has 2 N–H and O–H groups in total. The predicted molar refractivity (Wildman–Crippen MR) is 124 cm³/mol. The molecule has 0 aliphatic heterocycles. The molecule has 0 spiro atoms. The summed E-state index contributed by atoms with van der Waals surface area (Å²) in [7, 11) is 0. The summed E-state index contributed by atoms with van der Waals surface area (Å²) in [4.78, 5) is 50.4. The molecule has 2 atom stereocenters. The summed E-state index contributed by atoms with van der Waals surface area (Å²) in [6, 6.07) is 17.7. The Bertz CT molecular complexity index is 1240. The topological polar surface area (TPSA) is 127 Å². The van der Waals surface area contributed by atoms with E-state index in [0.717, 1.165) is 16.7 Å². The molecule has 35 heavy (non-hydrogen) atoms. The highest BCUT2D eigenvalue weighted by molar-refractivity contribution is 6.03. The zero-order valence-corrected chi connectivity index (χ0v) is 19.3. The number of hydrogen-bond acceptors (Lipinski definition) is 8. The van der Waals surface area contributed by atoms with Crippen molar-refractivity contribution in [2.45, 2.75) is 32.5 Å². The summed E-state index contributed by atoms with van der Waals surface area (Å²) in [5.74, 6) is -5.40. The SMILES string of the molecule is Cc1ccc(C(=O)OC(=O)[C@H](O)[C@@](O)(C(=O)OC(=O)c2ccc(C)cc2)c2ccc(C)cc2)cc1. The van der Waals surface area contributed by atoms with Crippen molar-refractivity contribution < 1.29 is 38.9 Å². The zero-order chi connectivity index (χ0) is 25.8. The van der Waals surface area contributed by atoms with Gasteiger partial charge in [-0.1, -0.05) is 65.2 Å². The van der Waals surface area contributed by atoms with Crippen molar-refractivity contribution in [3.63, 3.8) is 0 Å². The third-order valence-corrected chi connectivity index (χ3v) is 5.38. The molecule has 8 nitrogen and oxygen atoms in total. The largest absolute Gasteiger partial charge is 0.387 e. The molecule has 8 heteroatoms. The molecular formula is C27H24O8. The van der Waals surface area contributed by atoms with E-state index in [9.17, 15) is 29.4 Å². The minimum absolute atomic E-state index is 0.0156. The number of rotatable bonds is 6. The summed E-state index contributed by atoms with van der Waals surface area (Å²) >= 11 is 0. The maximum Gasteiger partial charge on any atom is 0.354 e. The summed E-state index contributed by atoms with van der Waals surface area (Å²) in [6.45, 7) is 5.35. The lowest BCUT2D eigenvalue weighted by atomic mass is 9.87. The van der Waals surface area contributed by atoms with E-state index in [4.69, 9.17) is 9.47 Å². The zero-order valence-electron chi connectivity index (χ0n) is 19.3. The Morgan fingerprint density at radius 3 is 1.46 bits per heavy atom. The van der Waals surface area contributed by atoms with Gasteiger partial charge in [-0.2, -0.15) is 0 Å². The van der Waals surface area contributed by atoms with Crippen LogP contribution in [0.1, 0.15) is 43.0 Å². The number of hydrogen-bond donors (Lipinski definition) is 2. The van der Waals surface area contributed by atoms with Gasteiger partial charge in [0, 0.05) is 0 Å². The van der Waals surface area contributed by atoms with E-state index in [2.05, 4.69) is 0 Å². The molecule has 0 amide bonds. The molecule has 180 valence electrons. The highest BCUT2D eigenvalue weighted by atomic mass is 16.6. The second-order valence-electron chi connectivity index (χ2n) is 8.15. The molecule has 0 saturated heterocycles. The van der Waals surface area contributed by atoms with E-state index in [1.54, 1.807) is 45.0 Å². The number of esters is 4. The van der Waals surface area contributed by atoms with Gasteiger partial charge in [0.15, 0.2) is 6.10 Å². The van der Waals surface area contributed by atoms with Gasteiger partial charge in [-0.15, -0.1) is 0 Å². The molecule has 0 heterocycles. The molecule has 0 fully saturated rings. The van der Waals surface area contributed by atoms with Gasteiger partial charge in [0.1, 0.15) is 0 Å². The second-order valence-corrected chi connectivity index (χ2v) is 8.15. The van der Waals surface area contributed by atoms with Crippen LogP contribution in [0.5, 0.6) is 0 Å². The molecule has 3 aromatic rings. The minimum Gasteiger partial charge on any atom is -0.387 e. The van der Waals surface area contributed by atoms with E-state index in [1.165, 1.54) is 48.5 Å². The quantitative estimate of drug-likeness (QED) is 0.411. The average molecular weight is 476 g/mol. The Morgan fingerprint density at radius 2 is 1.03 bits per heavy atom. The van der Waals surface area contributed by atoms with Crippen LogP contribution < -0.4 is 0 Å². The number of aliphatic hydroxyl groups excluding tert-OH is 1. The number of carbonyl (C=O) groups is 4. The van der Waals surface area contributed by atoms with Crippen LogP contribution in [0.3, 0.4) is 0 Å². The number of ether oxygens (including phenoxy) is 2. The summed E-state index contributed by atoms with van der Waals surface area (Å²) in [6.07, 6.45) is -2.59. The van der Waals surface area contributed by atoms with Gasteiger partial charge in [-0.05, 0) is 50.6 Å². The van der Waals surface area contributed by atoms with Crippen LogP contribution >= 0.6 is 0 Å². The van der Waals surface area contributed by atoms with Gasteiger partial charge in [0.2, 0.25) is 5.60 Å². The fourth-order valence-corrected chi connectivity index (χ4v) is 3.17. The van der Waals surface area contributed by atoms with Crippen molar-refractivity contribution in [1.29, 1.82) is 0 Å². The highest BCUT2D eigenvalue weighted by Gasteiger charge is 2.52. The second kappa shape index (κ2) is 10.4. The van der Waals surface area contributed by atoms with Crippen molar-refractivity contribution in [3.05, 3.63) is 106 Å². The Balaban J connectivity index is 1.89. The number of aliphatic hydroxyl groups is 2. The lowest BCUT2D eigenvalue weighted by Crippen LogP contribution is -2.52. The van der Waals surface area contributed by atoms with E-state index in [1.807, 2.05) is 0 Å². The molecule has 0 unspecified atom stereocenters. The predicted octanol–water partition coefficient (Wildman–Crippen LogP) is 2.93. The van der Waals surface area contributed by atoms with E-state index in [-0.39, 0.29) is 16.7 Å². The minimum atomic E-state index is -3.04.